The minimum atomic E-state index is -0.953. The number of carboxylic acid groups (broad SMARTS) is 1. The lowest BCUT2D eigenvalue weighted by molar-refractivity contribution is -0.135. The number of rotatable bonds is 1. The molecule has 3 N–H and O–H groups in total. The van der Waals surface area contributed by atoms with Crippen molar-refractivity contribution in [1.29, 1.82) is 0 Å². The lowest BCUT2D eigenvalue weighted by atomic mass is 10.1. The van der Waals surface area contributed by atoms with Crippen LogP contribution in [0.5, 0.6) is 0 Å². The average molecular weight is 224 g/mol. The predicted molar refractivity (Wildman–Crippen MR) is 59.7 cm³/mol. The van der Waals surface area contributed by atoms with Crippen LogP contribution in [-0.4, -0.2) is 11.1 Å². The van der Waals surface area contributed by atoms with Crippen molar-refractivity contribution in [2.45, 2.75) is 13.3 Å². The van der Waals surface area contributed by atoms with Gasteiger partial charge in [-0.2, -0.15) is 0 Å². The van der Waals surface area contributed by atoms with Crippen LogP contribution >= 0.6 is 11.6 Å². The Morgan fingerprint density at radius 1 is 1.60 bits per heavy atom. The molecule has 0 atom stereocenters. The lowest BCUT2D eigenvalue weighted by Crippen LogP contribution is -1.93. The topological polar surface area (TPSA) is 63.3 Å². The number of benzene rings is 1. The van der Waals surface area contributed by atoms with E-state index < -0.39 is 5.97 Å². The Labute approximate surface area is 92.9 Å². The quantitative estimate of drug-likeness (QED) is 0.566. The molecule has 15 heavy (non-hydrogen) atoms. The van der Waals surface area contributed by atoms with Gasteiger partial charge in [-0.05, 0) is 24.6 Å². The van der Waals surface area contributed by atoms with Crippen molar-refractivity contribution in [3.05, 3.63) is 28.3 Å². The Hall–Kier alpha value is -1.66. The van der Waals surface area contributed by atoms with Gasteiger partial charge in [0.1, 0.15) is 6.42 Å². The number of nitrogen functional groups attached to an aromatic ring is 1. The van der Waals surface area contributed by atoms with E-state index in [1.54, 1.807) is 19.1 Å². The van der Waals surface area contributed by atoms with Gasteiger partial charge in [-0.3, -0.25) is 4.79 Å². The van der Waals surface area contributed by atoms with Crippen LogP contribution in [0.4, 0.5) is 5.69 Å². The minimum Gasteiger partial charge on any atom is -0.481 e. The Morgan fingerprint density at radius 3 is 2.87 bits per heavy atom. The third-order valence-corrected chi connectivity index (χ3v) is 2.38. The molecule has 0 unspecified atom stereocenters. The monoisotopic (exact) mass is 223 g/mol. The van der Waals surface area contributed by atoms with Crippen molar-refractivity contribution in [3.63, 3.8) is 0 Å². The molecule has 0 aliphatic carbocycles. The largest absolute Gasteiger partial charge is 0.481 e. The Kier molecular flexibility index (Phi) is 3.59. The van der Waals surface area contributed by atoms with E-state index in [1.165, 1.54) is 0 Å². The van der Waals surface area contributed by atoms with Crippen LogP contribution in [0.3, 0.4) is 0 Å². The normalized spacial score (nSPS) is 9.20. The van der Waals surface area contributed by atoms with Gasteiger partial charge in [0.05, 0.1) is 5.02 Å². The Bertz CT molecular complexity index is 458. The molecule has 0 radical (unpaired) electrons. The van der Waals surface area contributed by atoms with Crippen LogP contribution in [0.2, 0.25) is 5.02 Å². The second-order valence-electron chi connectivity index (χ2n) is 3.01. The van der Waals surface area contributed by atoms with Gasteiger partial charge in [-0.15, -0.1) is 0 Å². The summed E-state index contributed by atoms with van der Waals surface area (Å²) in [5, 5.41) is 8.88. The first-order chi connectivity index (χ1) is 7.02. The van der Waals surface area contributed by atoms with Crippen LogP contribution in [0.25, 0.3) is 0 Å². The Balaban J connectivity index is 3.00. The van der Waals surface area contributed by atoms with Crippen LogP contribution in [-0.2, 0) is 4.79 Å². The zero-order valence-corrected chi connectivity index (χ0v) is 8.93. The number of aliphatic carboxylic acids is 1. The van der Waals surface area contributed by atoms with E-state index in [1.807, 2.05) is 0 Å². The summed E-state index contributed by atoms with van der Waals surface area (Å²) in [6.07, 6.45) is -0.195. The lowest BCUT2D eigenvalue weighted by Gasteiger charge is -2.03. The van der Waals surface area contributed by atoms with E-state index in [9.17, 15) is 4.79 Å². The SMILES string of the molecule is Cc1c(N)ccc(C#CCC(=O)O)c1Cl. The summed E-state index contributed by atoms with van der Waals surface area (Å²) in [6.45, 7) is 1.79. The van der Waals surface area contributed by atoms with E-state index in [0.29, 0.717) is 16.3 Å². The number of carboxylic acids is 1. The third-order valence-electron chi connectivity index (χ3n) is 1.89. The summed E-state index contributed by atoms with van der Waals surface area (Å²) in [7, 11) is 0. The van der Waals surface area contributed by atoms with Crippen LogP contribution < -0.4 is 5.73 Å². The van der Waals surface area contributed by atoms with Crippen molar-refractivity contribution >= 4 is 23.3 Å². The number of anilines is 1. The first-order valence-electron chi connectivity index (χ1n) is 4.27. The van der Waals surface area contributed by atoms with Gasteiger partial charge in [0.15, 0.2) is 0 Å². The molecule has 0 amide bonds. The van der Waals surface area contributed by atoms with Gasteiger partial charge in [0.2, 0.25) is 0 Å². The molecule has 4 heteroatoms. The molecule has 0 aromatic heterocycles. The highest BCUT2D eigenvalue weighted by Crippen LogP contribution is 2.24. The van der Waals surface area contributed by atoms with Crippen LogP contribution in [0, 0.1) is 18.8 Å². The molecule has 0 spiro atoms. The fraction of sp³-hybridized carbons (Fsp3) is 0.182. The fourth-order valence-electron chi connectivity index (χ4n) is 1.01. The molecular weight excluding hydrogens is 214 g/mol. The summed E-state index contributed by atoms with van der Waals surface area (Å²) in [6, 6.07) is 3.38. The molecule has 0 aliphatic rings. The van der Waals surface area contributed by atoms with Crippen LogP contribution in [0.1, 0.15) is 17.5 Å². The van der Waals surface area contributed by atoms with E-state index in [4.69, 9.17) is 22.4 Å². The summed E-state index contributed by atoms with van der Waals surface area (Å²) in [5.41, 5.74) is 7.60. The van der Waals surface area contributed by atoms with Crippen molar-refractivity contribution < 1.29 is 9.90 Å². The van der Waals surface area contributed by atoms with Crippen molar-refractivity contribution in [1.82, 2.24) is 0 Å². The first kappa shape index (κ1) is 11.4. The smallest absolute Gasteiger partial charge is 0.315 e. The van der Waals surface area contributed by atoms with E-state index in [2.05, 4.69) is 11.8 Å². The maximum absolute atomic E-state index is 10.2. The second-order valence-corrected chi connectivity index (χ2v) is 3.39. The van der Waals surface area contributed by atoms with Crippen LogP contribution in [0.15, 0.2) is 12.1 Å². The fourth-order valence-corrected chi connectivity index (χ4v) is 1.23. The van der Waals surface area contributed by atoms with Crippen molar-refractivity contribution in [3.8, 4) is 11.8 Å². The molecule has 3 nitrogen and oxygen atoms in total. The maximum Gasteiger partial charge on any atom is 0.315 e. The van der Waals surface area contributed by atoms with Gasteiger partial charge < -0.3 is 10.8 Å². The molecular formula is C11H10ClNO2. The molecule has 0 bridgehead atoms. The number of hydrogen-bond donors (Lipinski definition) is 2. The van der Waals surface area contributed by atoms with E-state index in [-0.39, 0.29) is 6.42 Å². The summed E-state index contributed by atoms with van der Waals surface area (Å²) < 4.78 is 0. The average Bonchev–Trinajstić information content (AvgIpc) is 2.18. The van der Waals surface area contributed by atoms with Crippen molar-refractivity contribution in [2.75, 3.05) is 5.73 Å². The standard InChI is InChI=1S/C11H10ClNO2/c1-7-9(13)6-5-8(11(7)12)3-2-4-10(14)15/h5-6H,4,13H2,1H3,(H,14,15). The molecule has 0 saturated heterocycles. The second kappa shape index (κ2) is 4.72. The highest BCUT2D eigenvalue weighted by atomic mass is 35.5. The van der Waals surface area contributed by atoms with E-state index >= 15 is 0 Å². The third kappa shape index (κ3) is 2.90. The predicted octanol–water partition coefficient (Wildman–Crippen LogP) is 2.06. The van der Waals surface area contributed by atoms with Gasteiger partial charge >= 0.3 is 5.97 Å². The highest BCUT2D eigenvalue weighted by molar-refractivity contribution is 6.32. The molecule has 1 aromatic carbocycles. The number of hydrogen-bond acceptors (Lipinski definition) is 2. The van der Waals surface area contributed by atoms with Gasteiger partial charge in [-0.25, -0.2) is 0 Å². The van der Waals surface area contributed by atoms with Gasteiger partial charge in [-0.1, -0.05) is 23.4 Å². The summed E-state index contributed by atoms with van der Waals surface area (Å²) in [5.74, 6) is 4.25. The first-order valence-corrected chi connectivity index (χ1v) is 4.65. The number of nitrogens with two attached hydrogens (primary N) is 1. The van der Waals surface area contributed by atoms with E-state index in [0.717, 1.165) is 5.56 Å². The Morgan fingerprint density at radius 2 is 2.27 bits per heavy atom. The number of halogens is 1. The summed E-state index contributed by atoms with van der Waals surface area (Å²) in [4.78, 5) is 10.2. The van der Waals surface area contributed by atoms with Gasteiger partial charge in [0.25, 0.3) is 0 Å². The molecule has 0 saturated carbocycles. The highest BCUT2D eigenvalue weighted by Gasteiger charge is 2.03. The molecule has 0 fully saturated rings. The minimum absolute atomic E-state index is 0.195. The number of carbonyl (C=O) groups is 1. The zero-order valence-electron chi connectivity index (χ0n) is 8.17. The summed E-state index contributed by atoms with van der Waals surface area (Å²) >= 11 is 5.98. The zero-order chi connectivity index (χ0) is 11.4. The molecule has 78 valence electrons. The molecule has 0 aliphatic heterocycles. The molecule has 0 heterocycles. The maximum atomic E-state index is 10.2. The van der Waals surface area contributed by atoms with Crippen molar-refractivity contribution in [2.24, 2.45) is 0 Å². The van der Waals surface area contributed by atoms with Gasteiger partial charge in [0, 0.05) is 11.3 Å². The molecule has 1 rings (SSSR count). The molecule has 1 aromatic rings.